The highest BCUT2D eigenvalue weighted by atomic mass is 16.5. The van der Waals surface area contributed by atoms with Crippen LogP contribution in [0.5, 0.6) is 0 Å². The molecule has 0 saturated carbocycles. The van der Waals surface area contributed by atoms with E-state index in [1.165, 1.54) is 0 Å². The summed E-state index contributed by atoms with van der Waals surface area (Å²) >= 11 is 0. The Labute approximate surface area is 77.7 Å². The van der Waals surface area contributed by atoms with Crippen LogP contribution in [0.25, 0.3) is 0 Å². The van der Waals surface area contributed by atoms with Crippen LogP contribution in [0.1, 0.15) is 24.8 Å². The van der Waals surface area contributed by atoms with Crippen LogP contribution in [-0.4, -0.2) is 22.2 Å². The SMILES string of the molecule is Cn1ccnc1[C@H]1C[C@@H](N)CCO1. The highest BCUT2D eigenvalue weighted by Crippen LogP contribution is 2.25. The van der Waals surface area contributed by atoms with Gasteiger partial charge in [-0.2, -0.15) is 0 Å². The number of aryl methyl sites for hydroxylation is 1. The van der Waals surface area contributed by atoms with E-state index in [1.54, 1.807) is 6.20 Å². The van der Waals surface area contributed by atoms with E-state index in [4.69, 9.17) is 10.5 Å². The van der Waals surface area contributed by atoms with Crippen molar-refractivity contribution in [3.63, 3.8) is 0 Å². The molecule has 0 radical (unpaired) electrons. The number of nitrogens with two attached hydrogens (primary N) is 1. The molecule has 2 heterocycles. The summed E-state index contributed by atoms with van der Waals surface area (Å²) in [5.41, 5.74) is 5.86. The van der Waals surface area contributed by atoms with Crippen LogP contribution < -0.4 is 5.73 Å². The molecule has 1 aliphatic rings. The molecule has 4 nitrogen and oxygen atoms in total. The second-order valence-electron chi connectivity index (χ2n) is 3.54. The number of ether oxygens (including phenoxy) is 1. The molecule has 1 saturated heterocycles. The van der Waals surface area contributed by atoms with Crippen LogP contribution in [0.2, 0.25) is 0 Å². The largest absolute Gasteiger partial charge is 0.370 e. The van der Waals surface area contributed by atoms with Crippen molar-refractivity contribution < 1.29 is 4.74 Å². The van der Waals surface area contributed by atoms with Crippen molar-refractivity contribution in [3.8, 4) is 0 Å². The highest BCUT2D eigenvalue weighted by Gasteiger charge is 2.23. The van der Waals surface area contributed by atoms with E-state index in [0.717, 1.165) is 25.3 Å². The maximum atomic E-state index is 5.86. The third kappa shape index (κ3) is 1.73. The summed E-state index contributed by atoms with van der Waals surface area (Å²) in [4.78, 5) is 4.26. The Balaban J connectivity index is 2.12. The van der Waals surface area contributed by atoms with Crippen LogP contribution in [0.4, 0.5) is 0 Å². The Bertz CT molecular complexity index is 284. The van der Waals surface area contributed by atoms with Crippen molar-refractivity contribution in [1.29, 1.82) is 0 Å². The lowest BCUT2D eigenvalue weighted by Crippen LogP contribution is -2.31. The predicted molar refractivity (Wildman–Crippen MR) is 49.1 cm³/mol. The third-order valence-corrected chi connectivity index (χ3v) is 2.47. The van der Waals surface area contributed by atoms with E-state index in [2.05, 4.69) is 4.98 Å². The highest BCUT2D eigenvalue weighted by molar-refractivity contribution is 4.98. The van der Waals surface area contributed by atoms with Crippen molar-refractivity contribution in [2.45, 2.75) is 25.0 Å². The monoisotopic (exact) mass is 181 g/mol. The van der Waals surface area contributed by atoms with E-state index in [-0.39, 0.29) is 12.1 Å². The molecule has 0 aromatic carbocycles. The Morgan fingerprint density at radius 1 is 1.69 bits per heavy atom. The van der Waals surface area contributed by atoms with Crippen molar-refractivity contribution >= 4 is 0 Å². The summed E-state index contributed by atoms with van der Waals surface area (Å²) < 4.78 is 7.60. The van der Waals surface area contributed by atoms with Gasteiger partial charge in [-0.3, -0.25) is 0 Å². The maximum absolute atomic E-state index is 5.86. The Hall–Kier alpha value is -0.870. The standard InChI is InChI=1S/C9H15N3O/c1-12-4-3-11-9(12)8-6-7(10)2-5-13-8/h3-4,7-8H,2,5-6,10H2,1H3/t7-,8+/m0/s1. The van der Waals surface area contributed by atoms with Gasteiger partial charge in [-0.05, 0) is 12.8 Å². The fraction of sp³-hybridized carbons (Fsp3) is 0.667. The molecule has 1 aromatic rings. The van der Waals surface area contributed by atoms with Gasteiger partial charge in [0.25, 0.3) is 0 Å². The van der Waals surface area contributed by atoms with Crippen LogP contribution >= 0.6 is 0 Å². The van der Waals surface area contributed by atoms with E-state index in [0.29, 0.717) is 0 Å². The van der Waals surface area contributed by atoms with Gasteiger partial charge in [0.15, 0.2) is 0 Å². The molecule has 72 valence electrons. The minimum atomic E-state index is 0.0868. The first-order valence-corrected chi connectivity index (χ1v) is 4.62. The lowest BCUT2D eigenvalue weighted by Gasteiger charge is -2.26. The minimum Gasteiger partial charge on any atom is -0.370 e. The predicted octanol–water partition coefficient (Wildman–Crippen LogP) is 0.599. The first-order valence-electron chi connectivity index (χ1n) is 4.62. The smallest absolute Gasteiger partial charge is 0.137 e. The van der Waals surface area contributed by atoms with Gasteiger partial charge < -0.3 is 15.0 Å². The Morgan fingerprint density at radius 2 is 2.54 bits per heavy atom. The molecule has 4 heteroatoms. The molecule has 1 aliphatic heterocycles. The number of aromatic nitrogens is 2. The summed E-state index contributed by atoms with van der Waals surface area (Å²) in [5.74, 6) is 0.982. The summed E-state index contributed by atoms with van der Waals surface area (Å²) in [6, 6.07) is 0.260. The van der Waals surface area contributed by atoms with Gasteiger partial charge in [0.1, 0.15) is 11.9 Å². The van der Waals surface area contributed by atoms with Crippen molar-refractivity contribution in [3.05, 3.63) is 18.2 Å². The number of imidazole rings is 1. The van der Waals surface area contributed by atoms with Crippen LogP contribution in [0, 0.1) is 0 Å². The second kappa shape index (κ2) is 3.47. The third-order valence-electron chi connectivity index (χ3n) is 2.47. The van der Waals surface area contributed by atoms with Crippen LogP contribution in [-0.2, 0) is 11.8 Å². The van der Waals surface area contributed by atoms with Crippen LogP contribution in [0.3, 0.4) is 0 Å². The summed E-state index contributed by atoms with van der Waals surface area (Å²) in [7, 11) is 1.98. The molecule has 2 atom stereocenters. The lowest BCUT2D eigenvalue weighted by molar-refractivity contribution is -0.000116. The quantitative estimate of drug-likeness (QED) is 0.690. The molecule has 13 heavy (non-hydrogen) atoms. The van der Waals surface area contributed by atoms with Crippen molar-refractivity contribution in [1.82, 2.24) is 9.55 Å². The molecule has 2 rings (SSSR count). The molecule has 2 N–H and O–H groups in total. The fourth-order valence-electron chi connectivity index (χ4n) is 1.69. The van der Waals surface area contributed by atoms with Gasteiger partial charge in [-0.15, -0.1) is 0 Å². The van der Waals surface area contributed by atoms with Gasteiger partial charge >= 0.3 is 0 Å². The summed E-state index contributed by atoms with van der Waals surface area (Å²) in [6.45, 7) is 0.749. The molecule has 0 spiro atoms. The average molecular weight is 181 g/mol. The molecular formula is C9H15N3O. The average Bonchev–Trinajstić information content (AvgIpc) is 2.51. The Kier molecular flexibility index (Phi) is 2.33. The first-order chi connectivity index (χ1) is 6.27. The van der Waals surface area contributed by atoms with Gasteiger partial charge in [0.05, 0.1) is 0 Å². The number of hydrogen-bond acceptors (Lipinski definition) is 3. The van der Waals surface area contributed by atoms with Gasteiger partial charge in [0.2, 0.25) is 0 Å². The van der Waals surface area contributed by atoms with Gasteiger partial charge in [-0.25, -0.2) is 4.98 Å². The van der Waals surface area contributed by atoms with Crippen LogP contribution in [0.15, 0.2) is 12.4 Å². The summed E-state index contributed by atoms with van der Waals surface area (Å²) in [5, 5.41) is 0. The van der Waals surface area contributed by atoms with E-state index < -0.39 is 0 Å². The zero-order chi connectivity index (χ0) is 9.26. The molecule has 0 amide bonds. The molecule has 1 aromatic heterocycles. The molecule has 0 aliphatic carbocycles. The maximum Gasteiger partial charge on any atom is 0.137 e. The second-order valence-corrected chi connectivity index (χ2v) is 3.54. The first kappa shape index (κ1) is 8.72. The number of nitrogens with zero attached hydrogens (tertiary/aromatic N) is 2. The lowest BCUT2D eigenvalue weighted by atomic mass is 10.0. The number of rotatable bonds is 1. The normalized spacial score (nSPS) is 29.1. The zero-order valence-corrected chi connectivity index (χ0v) is 7.81. The fourth-order valence-corrected chi connectivity index (χ4v) is 1.69. The van der Waals surface area contributed by atoms with E-state index in [1.807, 2.05) is 17.8 Å². The van der Waals surface area contributed by atoms with E-state index in [9.17, 15) is 0 Å². The molecule has 1 fully saturated rings. The minimum absolute atomic E-state index is 0.0868. The van der Waals surface area contributed by atoms with Gasteiger partial charge in [0, 0.05) is 32.1 Å². The molecule has 0 unspecified atom stereocenters. The summed E-state index contributed by atoms with van der Waals surface area (Å²) in [6.07, 6.45) is 5.65. The van der Waals surface area contributed by atoms with E-state index >= 15 is 0 Å². The van der Waals surface area contributed by atoms with Gasteiger partial charge in [-0.1, -0.05) is 0 Å². The zero-order valence-electron chi connectivity index (χ0n) is 7.81. The van der Waals surface area contributed by atoms with Crippen molar-refractivity contribution in [2.75, 3.05) is 6.61 Å². The molecule has 0 bridgehead atoms. The molecular weight excluding hydrogens is 166 g/mol. The topological polar surface area (TPSA) is 53.1 Å². The Morgan fingerprint density at radius 3 is 3.15 bits per heavy atom. The number of hydrogen-bond donors (Lipinski definition) is 1. The van der Waals surface area contributed by atoms with Crippen molar-refractivity contribution in [2.24, 2.45) is 12.8 Å².